The Bertz CT molecular complexity index is 1350. The van der Waals surface area contributed by atoms with Crippen LogP contribution in [0.4, 0.5) is 18.0 Å². The van der Waals surface area contributed by atoms with Crippen molar-refractivity contribution >= 4 is 17.1 Å². The lowest BCUT2D eigenvalue weighted by Gasteiger charge is -2.34. The lowest BCUT2D eigenvalue weighted by molar-refractivity contribution is -0.139. The first-order chi connectivity index (χ1) is 17.4. The number of aryl methyl sites for hydroxylation is 1. The largest absolute Gasteiger partial charge is 0.493 e. The van der Waals surface area contributed by atoms with Crippen molar-refractivity contribution in [3.05, 3.63) is 41.9 Å². The minimum absolute atomic E-state index is 0.0245. The molecule has 11 heteroatoms. The standard InChI is InChI=1S/C26H28F3N5O3/c1-25(2,3)37-24(35)34-10-5-6-16(14-34)15-36-20-8-7-17(12-19(20)26(27,28)29)22-18-9-11-33(4)23(18)32-21(13-30)31-22/h7-9,11-12,16H,5-6,10,14-15H2,1-4H3. The lowest BCUT2D eigenvalue weighted by atomic mass is 9.99. The summed E-state index contributed by atoms with van der Waals surface area (Å²) in [7, 11) is 1.73. The van der Waals surface area contributed by atoms with Gasteiger partial charge in [-0.1, -0.05) is 0 Å². The van der Waals surface area contributed by atoms with E-state index in [0.29, 0.717) is 30.5 Å². The zero-order chi connectivity index (χ0) is 27.0. The van der Waals surface area contributed by atoms with Crippen molar-refractivity contribution in [2.45, 2.75) is 45.4 Å². The van der Waals surface area contributed by atoms with E-state index in [9.17, 15) is 23.2 Å². The second-order valence-electron chi connectivity index (χ2n) is 10.1. The summed E-state index contributed by atoms with van der Waals surface area (Å²) >= 11 is 0. The maximum atomic E-state index is 14.1. The summed E-state index contributed by atoms with van der Waals surface area (Å²) < 4.78 is 54.9. The van der Waals surface area contributed by atoms with Crippen molar-refractivity contribution in [1.82, 2.24) is 19.4 Å². The Balaban J connectivity index is 1.57. The quantitative estimate of drug-likeness (QED) is 0.452. The van der Waals surface area contributed by atoms with E-state index >= 15 is 0 Å². The van der Waals surface area contributed by atoms with Crippen LogP contribution in [-0.2, 0) is 18.0 Å². The number of piperidine rings is 1. The Kier molecular flexibility index (Phi) is 7.04. The van der Waals surface area contributed by atoms with E-state index in [1.54, 1.807) is 49.5 Å². The van der Waals surface area contributed by atoms with Gasteiger partial charge in [0.05, 0.1) is 17.9 Å². The van der Waals surface area contributed by atoms with Gasteiger partial charge in [-0.05, 0) is 57.9 Å². The highest BCUT2D eigenvalue weighted by Crippen LogP contribution is 2.40. The maximum absolute atomic E-state index is 14.1. The third-order valence-corrected chi connectivity index (χ3v) is 6.03. The molecule has 1 aliphatic heterocycles. The van der Waals surface area contributed by atoms with E-state index in [2.05, 4.69) is 9.97 Å². The van der Waals surface area contributed by atoms with Gasteiger partial charge in [-0.3, -0.25) is 0 Å². The maximum Gasteiger partial charge on any atom is 0.419 e. The van der Waals surface area contributed by atoms with Gasteiger partial charge in [-0.15, -0.1) is 0 Å². The highest BCUT2D eigenvalue weighted by molar-refractivity contribution is 5.91. The Labute approximate surface area is 212 Å². The van der Waals surface area contributed by atoms with Gasteiger partial charge in [0.2, 0.25) is 5.82 Å². The summed E-state index contributed by atoms with van der Waals surface area (Å²) in [5.41, 5.74) is -0.691. The smallest absolute Gasteiger partial charge is 0.419 e. The summed E-state index contributed by atoms with van der Waals surface area (Å²) in [6, 6.07) is 7.31. The highest BCUT2D eigenvalue weighted by atomic mass is 19.4. The number of benzene rings is 1. The van der Waals surface area contributed by atoms with Crippen LogP contribution in [0.5, 0.6) is 5.75 Å². The molecule has 0 aliphatic carbocycles. The molecular weight excluding hydrogens is 487 g/mol. The summed E-state index contributed by atoms with van der Waals surface area (Å²) in [5, 5.41) is 9.85. The molecule has 2 aromatic heterocycles. The van der Waals surface area contributed by atoms with Crippen molar-refractivity contribution in [3.63, 3.8) is 0 Å². The molecule has 1 aliphatic rings. The molecule has 0 bridgehead atoms. The van der Waals surface area contributed by atoms with Crippen molar-refractivity contribution in [2.75, 3.05) is 19.7 Å². The van der Waals surface area contributed by atoms with E-state index in [1.807, 2.05) is 6.07 Å². The number of nitrogens with zero attached hydrogens (tertiary/aromatic N) is 5. The van der Waals surface area contributed by atoms with Crippen LogP contribution >= 0.6 is 0 Å². The number of ether oxygens (including phenoxy) is 2. The number of rotatable bonds is 4. The van der Waals surface area contributed by atoms with Gasteiger partial charge in [0.15, 0.2) is 0 Å². The third kappa shape index (κ3) is 5.96. The third-order valence-electron chi connectivity index (χ3n) is 6.03. The molecule has 1 atom stereocenters. The van der Waals surface area contributed by atoms with E-state index in [1.165, 1.54) is 12.1 Å². The van der Waals surface area contributed by atoms with Crippen LogP contribution in [0.1, 0.15) is 45.0 Å². The molecule has 3 heterocycles. The van der Waals surface area contributed by atoms with Crippen molar-refractivity contribution in [2.24, 2.45) is 13.0 Å². The first-order valence-electron chi connectivity index (χ1n) is 11.9. The minimum atomic E-state index is -4.68. The van der Waals surface area contributed by atoms with Crippen molar-refractivity contribution in [1.29, 1.82) is 5.26 Å². The summed E-state index contributed by atoms with van der Waals surface area (Å²) in [6.07, 6.45) is -1.98. The fourth-order valence-corrected chi connectivity index (χ4v) is 4.33. The molecule has 1 unspecified atom stereocenters. The SMILES string of the molecule is Cn1ccc2c(-c3ccc(OCC4CCCN(C(=O)OC(C)(C)C)C4)c(C(F)(F)F)c3)nc(C#N)nc21. The van der Waals surface area contributed by atoms with Crippen LogP contribution < -0.4 is 4.74 Å². The minimum Gasteiger partial charge on any atom is -0.493 e. The molecule has 1 fully saturated rings. The number of likely N-dealkylation sites (tertiary alicyclic amines) is 1. The van der Waals surface area contributed by atoms with Gasteiger partial charge >= 0.3 is 12.3 Å². The zero-order valence-corrected chi connectivity index (χ0v) is 21.1. The topological polar surface area (TPSA) is 93.3 Å². The number of amides is 1. The lowest BCUT2D eigenvalue weighted by Crippen LogP contribution is -2.44. The number of hydrogen-bond acceptors (Lipinski definition) is 6. The zero-order valence-electron chi connectivity index (χ0n) is 21.1. The number of nitriles is 1. The normalized spacial score (nSPS) is 16.5. The molecule has 0 radical (unpaired) electrons. The average molecular weight is 516 g/mol. The Hall–Kier alpha value is -3.81. The number of hydrogen-bond donors (Lipinski definition) is 0. The second kappa shape index (κ2) is 9.92. The van der Waals surface area contributed by atoms with Crippen LogP contribution in [0.3, 0.4) is 0 Å². The van der Waals surface area contributed by atoms with E-state index < -0.39 is 23.4 Å². The number of halogens is 3. The van der Waals surface area contributed by atoms with Crippen LogP contribution in [0.25, 0.3) is 22.3 Å². The average Bonchev–Trinajstić information content (AvgIpc) is 3.21. The first kappa shape index (κ1) is 26.3. The predicted molar refractivity (Wildman–Crippen MR) is 130 cm³/mol. The van der Waals surface area contributed by atoms with Gasteiger partial charge in [0, 0.05) is 43.2 Å². The molecule has 1 aromatic carbocycles. The van der Waals surface area contributed by atoms with Gasteiger partial charge in [-0.25, -0.2) is 14.8 Å². The number of aromatic nitrogens is 3. The molecule has 1 amide bonds. The second-order valence-corrected chi connectivity index (χ2v) is 10.1. The molecule has 8 nitrogen and oxygen atoms in total. The van der Waals surface area contributed by atoms with E-state index in [4.69, 9.17) is 9.47 Å². The highest BCUT2D eigenvalue weighted by Gasteiger charge is 2.36. The Morgan fingerprint density at radius 1 is 1.22 bits per heavy atom. The van der Waals surface area contributed by atoms with E-state index in [-0.39, 0.29) is 35.4 Å². The molecule has 1 saturated heterocycles. The Morgan fingerprint density at radius 2 is 1.97 bits per heavy atom. The van der Waals surface area contributed by atoms with Crippen molar-refractivity contribution in [3.8, 4) is 23.1 Å². The number of carbonyl (C=O) groups excluding carboxylic acids is 1. The van der Waals surface area contributed by atoms with Crippen LogP contribution in [0.15, 0.2) is 30.5 Å². The van der Waals surface area contributed by atoms with Gasteiger partial charge in [0.25, 0.3) is 0 Å². The number of fused-ring (bicyclic) bond motifs is 1. The van der Waals surface area contributed by atoms with Gasteiger partial charge in [0.1, 0.15) is 23.1 Å². The molecule has 0 spiro atoms. The molecule has 196 valence electrons. The number of alkyl halides is 3. The van der Waals surface area contributed by atoms with Crippen LogP contribution in [0, 0.1) is 17.2 Å². The molecular formula is C26H28F3N5O3. The van der Waals surface area contributed by atoms with Crippen molar-refractivity contribution < 1.29 is 27.4 Å². The van der Waals surface area contributed by atoms with E-state index in [0.717, 1.165) is 12.5 Å². The summed E-state index contributed by atoms with van der Waals surface area (Å²) in [6.45, 7) is 6.25. The molecule has 3 aromatic rings. The summed E-state index contributed by atoms with van der Waals surface area (Å²) in [4.78, 5) is 22.3. The number of carbonyl (C=O) groups is 1. The molecule has 37 heavy (non-hydrogen) atoms. The van der Waals surface area contributed by atoms with Crippen LogP contribution in [0.2, 0.25) is 0 Å². The fourth-order valence-electron chi connectivity index (χ4n) is 4.33. The fraction of sp³-hybridized carbons (Fsp3) is 0.462. The molecule has 0 N–H and O–H groups in total. The molecule has 4 rings (SSSR count). The van der Waals surface area contributed by atoms with Crippen LogP contribution in [-0.4, -0.2) is 50.8 Å². The summed E-state index contributed by atoms with van der Waals surface area (Å²) in [5.74, 6) is -0.569. The van der Waals surface area contributed by atoms with Gasteiger partial charge < -0.3 is 18.9 Å². The van der Waals surface area contributed by atoms with Gasteiger partial charge in [-0.2, -0.15) is 18.4 Å². The Morgan fingerprint density at radius 3 is 2.65 bits per heavy atom. The monoisotopic (exact) mass is 515 g/mol. The first-order valence-corrected chi connectivity index (χ1v) is 11.9. The predicted octanol–water partition coefficient (Wildman–Crippen LogP) is 5.55. The molecule has 0 saturated carbocycles.